The highest BCUT2D eigenvalue weighted by atomic mass is 79.9. The number of anilines is 2. The van der Waals surface area contributed by atoms with Crippen LogP contribution in [0.1, 0.15) is 49.7 Å². The number of halogens is 3. The van der Waals surface area contributed by atoms with Gasteiger partial charge in [-0.05, 0) is 62.7 Å². The summed E-state index contributed by atoms with van der Waals surface area (Å²) in [6.45, 7) is 8.92. The molecule has 3 rings (SSSR count). The lowest BCUT2D eigenvalue weighted by Gasteiger charge is -2.16. The molecule has 1 amide bonds. The van der Waals surface area contributed by atoms with Crippen molar-refractivity contribution in [1.29, 1.82) is 0 Å². The van der Waals surface area contributed by atoms with Gasteiger partial charge in [0.2, 0.25) is 0 Å². The lowest BCUT2D eigenvalue weighted by Crippen LogP contribution is -2.31. The van der Waals surface area contributed by atoms with E-state index in [4.69, 9.17) is 0 Å². The maximum atomic E-state index is 14.7. The third-order valence-electron chi connectivity index (χ3n) is 4.45. The van der Waals surface area contributed by atoms with E-state index in [0.717, 1.165) is 0 Å². The highest BCUT2D eigenvalue weighted by Crippen LogP contribution is 2.32. The van der Waals surface area contributed by atoms with E-state index in [1.807, 2.05) is 18.4 Å². The summed E-state index contributed by atoms with van der Waals surface area (Å²) in [6.07, 6.45) is 1.67. The molecule has 6 nitrogen and oxygen atoms in total. The first-order valence-corrected chi connectivity index (χ1v) is 9.99. The number of nitrogens with one attached hydrogen (secondary N) is 2. The molecule has 0 saturated heterocycles. The van der Waals surface area contributed by atoms with E-state index >= 15 is 0 Å². The molecule has 9 heteroatoms. The molecule has 0 spiro atoms. The Hall–Kier alpha value is -2.55. The predicted molar refractivity (Wildman–Crippen MR) is 113 cm³/mol. The number of carbonyl (C=O) groups is 1. The third-order valence-corrected chi connectivity index (χ3v) is 4.85. The van der Waals surface area contributed by atoms with Gasteiger partial charge < -0.3 is 15.2 Å². The first-order chi connectivity index (χ1) is 13.6. The second kappa shape index (κ2) is 8.06. The van der Waals surface area contributed by atoms with Gasteiger partial charge in [0.15, 0.2) is 17.5 Å². The second-order valence-corrected chi connectivity index (χ2v) is 8.20. The summed E-state index contributed by atoms with van der Waals surface area (Å²) in [7, 11) is 0. The second-order valence-electron chi connectivity index (χ2n) is 7.38. The molecule has 0 aliphatic rings. The van der Waals surface area contributed by atoms with Crippen molar-refractivity contribution in [3.05, 3.63) is 45.8 Å². The van der Waals surface area contributed by atoms with Crippen molar-refractivity contribution < 1.29 is 13.6 Å². The maximum absolute atomic E-state index is 14.7. The smallest absolute Gasteiger partial charge is 0.251 e. The summed E-state index contributed by atoms with van der Waals surface area (Å²) in [5.74, 6) is -2.32. The van der Waals surface area contributed by atoms with Crippen LogP contribution in [0.5, 0.6) is 0 Å². The SMILES string of the molecule is Cc1c(C(=O)NC(C)C)cc(Nc2nc(Br)cc3ncn(C(C)C)c23)c(F)c1F. The molecule has 0 radical (unpaired) electrons. The molecule has 2 N–H and O–H groups in total. The van der Waals surface area contributed by atoms with E-state index < -0.39 is 17.5 Å². The highest BCUT2D eigenvalue weighted by Gasteiger charge is 2.22. The van der Waals surface area contributed by atoms with Crippen molar-refractivity contribution in [2.45, 2.75) is 46.7 Å². The Morgan fingerprint density at radius 1 is 1.17 bits per heavy atom. The molecule has 29 heavy (non-hydrogen) atoms. The Kier molecular flexibility index (Phi) is 5.88. The van der Waals surface area contributed by atoms with E-state index in [1.54, 1.807) is 26.2 Å². The number of benzene rings is 1. The van der Waals surface area contributed by atoms with Gasteiger partial charge in [-0.2, -0.15) is 0 Å². The zero-order valence-electron chi connectivity index (χ0n) is 16.8. The predicted octanol–water partition coefficient (Wildman–Crippen LogP) is 5.24. The Balaban J connectivity index is 2.15. The van der Waals surface area contributed by atoms with Crippen molar-refractivity contribution >= 4 is 44.4 Å². The zero-order chi connectivity index (χ0) is 21.5. The normalized spacial score (nSPS) is 11.5. The van der Waals surface area contributed by atoms with Crippen LogP contribution in [0.2, 0.25) is 0 Å². The Labute approximate surface area is 175 Å². The van der Waals surface area contributed by atoms with Gasteiger partial charge in [-0.15, -0.1) is 0 Å². The molecule has 3 aromatic rings. The minimum Gasteiger partial charge on any atom is -0.350 e. The molecule has 0 bridgehead atoms. The summed E-state index contributed by atoms with van der Waals surface area (Å²) in [5.41, 5.74) is 1.13. The summed E-state index contributed by atoms with van der Waals surface area (Å²) in [4.78, 5) is 21.2. The fourth-order valence-electron chi connectivity index (χ4n) is 3.02. The Morgan fingerprint density at radius 3 is 2.48 bits per heavy atom. The van der Waals surface area contributed by atoms with Crippen LogP contribution in [-0.4, -0.2) is 26.5 Å². The molecule has 0 aliphatic carbocycles. The zero-order valence-corrected chi connectivity index (χ0v) is 18.4. The number of hydrogen-bond donors (Lipinski definition) is 2. The molecule has 1 aromatic carbocycles. The molecule has 2 aromatic heterocycles. The minimum atomic E-state index is -1.08. The van der Waals surface area contributed by atoms with Crippen molar-refractivity contribution in [3.8, 4) is 0 Å². The van der Waals surface area contributed by atoms with Gasteiger partial charge in [0.05, 0.1) is 17.5 Å². The van der Waals surface area contributed by atoms with E-state index in [-0.39, 0.29) is 28.9 Å². The molecular weight excluding hydrogens is 444 g/mol. The van der Waals surface area contributed by atoms with E-state index in [0.29, 0.717) is 21.5 Å². The first-order valence-electron chi connectivity index (χ1n) is 9.19. The van der Waals surface area contributed by atoms with Crippen molar-refractivity contribution in [2.24, 2.45) is 0 Å². The maximum Gasteiger partial charge on any atom is 0.251 e. The Bertz CT molecular complexity index is 1090. The molecule has 0 saturated carbocycles. The Morgan fingerprint density at radius 2 is 1.86 bits per heavy atom. The number of rotatable bonds is 5. The quantitative estimate of drug-likeness (QED) is 0.505. The fraction of sp³-hybridized carbons (Fsp3) is 0.350. The molecule has 0 aliphatic heterocycles. The van der Waals surface area contributed by atoms with E-state index in [2.05, 4.69) is 36.5 Å². The van der Waals surface area contributed by atoms with Crippen LogP contribution in [-0.2, 0) is 0 Å². The number of nitrogens with zero attached hydrogens (tertiary/aromatic N) is 3. The van der Waals surface area contributed by atoms with Gasteiger partial charge in [0, 0.05) is 23.2 Å². The summed E-state index contributed by atoms with van der Waals surface area (Å²) in [6, 6.07) is 2.98. The fourth-order valence-corrected chi connectivity index (χ4v) is 3.41. The van der Waals surface area contributed by atoms with Crippen LogP contribution >= 0.6 is 15.9 Å². The molecule has 0 unspecified atom stereocenters. The van der Waals surface area contributed by atoms with Crippen LogP contribution < -0.4 is 10.6 Å². The molecule has 2 heterocycles. The molecular formula is C20H22BrF2N5O. The largest absolute Gasteiger partial charge is 0.350 e. The van der Waals surface area contributed by atoms with Crippen LogP contribution in [0.4, 0.5) is 20.3 Å². The van der Waals surface area contributed by atoms with Gasteiger partial charge in [0.25, 0.3) is 5.91 Å². The molecule has 154 valence electrons. The van der Waals surface area contributed by atoms with Crippen LogP contribution in [0.3, 0.4) is 0 Å². The van der Waals surface area contributed by atoms with Gasteiger partial charge >= 0.3 is 0 Å². The van der Waals surface area contributed by atoms with Gasteiger partial charge in [-0.1, -0.05) is 0 Å². The summed E-state index contributed by atoms with van der Waals surface area (Å²) < 4.78 is 31.6. The number of pyridine rings is 1. The lowest BCUT2D eigenvalue weighted by atomic mass is 10.1. The third kappa shape index (κ3) is 4.10. The summed E-state index contributed by atoms with van der Waals surface area (Å²) >= 11 is 3.32. The average molecular weight is 466 g/mol. The van der Waals surface area contributed by atoms with Crippen molar-refractivity contribution in [3.63, 3.8) is 0 Å². The monoisotopic (exact) mass is 465 g/mol. The van der Waals surface area contributed by atoms with Crippen LogP contribution in [0.15, 0.2) is 23.1 Å². The topological polar surface area (TPSA) is 71.8 Å². The van der Waals surface area contributed by atoms with E-state index in [1.165, 1.54) is 13.0 Å². The van der Waals surface area contributed by atoms with Crippen molar-refractivity contribution in [1.82, 2.24) is 19.9 Å². The highest BCUT2D eigenvalue weighted by molar-refractivity contribution is 9.10. The first kappa shape index (κ1) is 21.2. The standard InChI is InChI=1S/C20H22BrF2N5O/c1-9(2)25-20(29)12-6-13(17(23)16(22)11(12)5)26-19-18-14(7-15(21)27-19)24-8-28(18)10(3)4/h6-10H,1-5H3,(H,25,29)(H,26,27). The van der Waals surface area contributed by atoms with Crippen LogP contribution in [0, 0.1) is 18.6 Å². The van der Waals surface area contributed by atoms with Crippen LogP contribution in [0.25, 0.3) is 11.0 Å². The van der Waals surface area contributed by atoms with Gasteiger partial charge in [0.1, 0.15) is 10.1 Å². The number of imidazole rings is 1. The molecule has 0 fully saturated rings. The van der Waals surface area contributed by atoms with Gasteiger partial charge in [-0.25, -0.2) is 18.7 Å². The lowest BCUT2D eigenvalue weighted by molar-refractivity contribution is 0.0942. The molecule has 0 atom stereocenters. The number of amides is 1. The number of fused-ring (bicyclic) bond motifs is 1. The minimum absolute atomic E-state index is 0.0502. The van der Waals surface area contributed by atoms with Gasteiger partial charge in [-0.3, -0.25) is 4.79 Å². The summed E-state index contributed by atoms with van der Waals surface area (Å²) in [5, 5.41) is 5.56. The average Bonchev–Trinajstić information content (AvgIpc) is 3.05. The van der Waals surface area contributed by atoms with Crippen molar-refractivity contribution in [2.75, 3.05) is 5.32 Å². The van der Waals surface area contributed by atoms with E-state index in [9.17, 15) is 13.6 Å². The number of carbonyl (C=O) groups excluding carboxylic acids is 1. The number of hydrogen-bond acceptors (Lipinski definition) is 4. The number of aromatic nitrogens is 3.